The molecule has 0 spiro atoms. The molecule has 6 aliphatic rings. The lowest BCUT2D eigenvalue weighted by Crippen LogP contribution is -2.44. The minimum absolute atomic E-state index is 0.0448. The average molecular weight is 2020 g/mol. The molecule has 6 fully saturated rings. The molecular weight excluding hydrogens is 1910 g/mol. The van der Waals surface area contributed by atoms with Crippen molar-refractivity contribution >= 4 is 169 Å². The number of piperazine rings is 1. The summed E-state index contributed by atoms with van der Waals surface area (Å²) in [5.41, 5.74) is 23.0. The molecule has 16 heterocycles. The summed E-state index contributed by atoms with van der Waals surface area (Å²) in [6.45, 7) is 16.0. The summed E-state index contributed by atoms with van der Waals surface area (Å²) in [5.74, 6) is 2.79. The van der Waals surface area contributed by atoms with Gasteiger partial charge < -0.3 is 84.2 Å². The number of nitrogens with zero attached hydrogens (tertiary/aromatic N) is 20. The molecule has 6 aliphatic heterocycles. The third-order valence-electron chi connectivity index (χ3n) is 24.3. The molecule has 15 aromatic rings. The number of carbonyl (C=O) groups excluding carboxylic acids is 5. The highest BCUT2D eigenvalue weighted by Gasteiger charge is 2.27. The van der Waals surface area contributed by atoms with E-state index in [2.05, 4.69) is 112 Å². The van der Waals surface area contributed by atoms with Crippen LogP contribution in [0.15, 0.2) is 176 Å². The fraction of sp³-hybridized carbons (Fsp3) is 0.375. The molecular formula is C96H111N31O10S5. The van der Waals surface area contributed by atoms with Gasteiger partial charge in [0.25, 0.3) is 27.8 Å². The largest absolute Gasteiger partial charge is 0.356 e. The number of rotatable bonds is 21. The minimum atomic E-state index is -0.595. The Hall–Kier alpha value is -13.9. The summed E-state index contributed by atoms with van der Waals surface area (Å²) in [7, 11) is 1.72. The van der Waals surface area contributed by atoms with Gasteiger partial charge in [-0.3, -0.25) is 47.9 Å². The first-order chi connectivity index (χ1) is 69.0. The summed E-state index contributed by atoms with van der Waals surface area (Å²) in [4.78, 5) is 159. The highest BCUT2D eigenvalue weighted by Crippen LogP contribution is 2.35. The molecule has 5 amide bonds. The number of likely N-dealkylation sites (N-methyl/N-ethyl adjacent to an activating group) is 1. The summed E-state index contributed by atoms with van der Waals surface area (Å²) in [6.07, 6.45) is 15.6. The lowest BCUT2D eigenvalue weighted by atomic mass is 9.97. The predicted molar refractivity (Wildman–Crippen MR) is 561 cm³/mol. The van der Waals surface area contributed by atoms with Crippen molar-refractivity contribution in [2.75, 3.05) is 163 Å². The second-order valence-electron chi connectivity index (χ2n) is 35.0. The number of amides is 5. The monoisotopic (exact) mass is 2020 g/mol. The Morgan fingerprint density at radius 3 is 0.866 bits per heavy atom. The molecule has 46 heteroatoms. The van der Waals surface area contributed by atoms with Gasteiger partial charge in [-0.25, -0.2) is 24.9 Å². The maximum absolute atomic E-state index is 12.7. The average Bonchev–Trinajstić information content (AvgIpc) is 1.62. The smallest absolute Gasteiger partial charge is 0.277 e. The third-order valence-corrected chi connectivity index (χ3v) is 29.1. The van der Waals surface area contributed by atoms with E-state index in [4.69, 9.17) is 22.2 Å². The van der Waals surface area contributed by atoms with Gasteiger partial charge in [0.1, 0.15) is 54.1 Å². The van der Waals surface area contributed by atoms with Crippen LogP contribution >= 0.6 is 56.7 Å². The predicted octanol–water partition coefficient (Wildman–Crippen LogP) is 9.03. The van der Waals surface area contributed by atoms with Crippen LogP contribution in [0.25, 0.3) is 77.7 Å². The van der Waals surface area contributed by atoms with Crippen molar-refractivity contribution in [1.82, 2.24) is 88.9 Å². The van der Waals surface area contributed by atoms with E-state index in [1.54, 1.807) is 63.4 Å². The van der Waals surface area contributed by atoms with Gasteiger partial charge in [0.05, 0.1) is 25.2 Å². The first kappa shape index (κ1) is 99.6. The topological polar surface area (TPSA) is 512 Å². The first-order valence-corrected chi connectivity index (χ1v) is 51.7. The summed E-state index contributed by atoms with van der Waals surface area (Å²) in [6, 6.07) is 43.5. The quantitative estimate of drug-likeness (QED) is 0.0319. The zero-order valence-corrected chi connectivity index (χ0v) is 82.8. The van der Waals surface area contributed by atoms with Crippen molar-refractivity contribution in [2.45, 2.75) is 116 Å². The first-order valence-electron chi connectivity index (χ1n) is 47.6. The van der Waals surface area contributed by atoms with E-state index in [1.165, 1.54) is 111 Å². The standard InChI is InChI=1S/C22H26N6O2S.2C19H22N6O2S.C18H21N7O2S.C18H20N6O2S/c29-19-14-18(27-11-2-1-3-12-27)25-22-28(19)26-21(31-22)16-5-4-6-17(13-16)24-20(30)15-7-9-23-10-8-15;2*1-12(20)17(27)21-14-7-5-6-13(10-14)18-23-25-16(26)11-15(22-19(25)28-18)24-8-3-2-4-9-24;1-19-11-15(26)21-13-4-2-3-12(9-13)17-23-25-16(27)10-14(22-18(25)28-17)24-7-5-20-6-8-24;19-11-15(25)20-13-6-4-5-12(9-13)17-22-24-16(26)10-14(21-18(24)27-17)23-7-2-1-3-8-23/h4-6,13-15,23H,1-3,7-12H2,(H,24,30);2*5-7,10-12H,2-4,8-9,20H2,1H3,(H,21,27);2-4,9-10,19-20H,5-8,11H2,1H3,(H,21,26);4-6,9-10H,1-3,7-8,11,19H2,(H,20,25)/t;2*12-;;/m.10../s1. The van der Waals surface area contributed by atoms with E-state index < -0.39 is 12.1 Å². The normalized spacial score (nSPS) is 15.6. The zero-order chi connectivity index (χ0) is 98.9. The Balaban J connectivity index is 0.000000122. The van der Waals surface area contributed by atoms with Crippen LogP contribution in [0.5, 0.6) is 0 Å². The molecule has 14 N–H and O–H groups in total. The maximum atomic E-state index is 12.7. The molecule has 0 aliphatic carbocycles. The second-order valence-corrected chi connectivity index (χ2v) is 39.8. The highest BCUT2D eigenvalue weighted by molar-refractivity contribution is 7.21. The molecule has 41 nitrogen and oxygen atoms in total. The lowest BCUT2D eigenvalue weighted by Gasteiger charge is -2.27. The zero-order valence-electron chi connectivity index (χ0n) is 78.7. The van der Waals surface area contributed by atoms with Gasteiger partial charge in [0.2, 0.25) is 54.3 Å². The molecule has 0 bridgehead atoms. The van der Waals surface area contributed by atoms with Crippen molar-refractivity contribution in [1.29, 1.82) is 0 Å². The Bertz CT molecular complexity index is 7200. The summed E-state index contributed by atoms with van der Waals surface area (Å²) < 4.78 is 6.70. The molecule has 0 unspecified atom stereocenters. The second kappa shape index (κ2) is 46.6. The number of anilines is 10. The third kappa shape index (κ3) is 25.0. The molecule has 6 saturated heterocycles. The van der Waals surface area contributed by atoms with E-state index in [-0.39, 0.29) is 76.3 Å². The number of hydrogen-bond donors (Lipinski definition) is 11. The van der Waals surface area contributed by atoms with Gasteiger partial charge in [0.15, 0.2) is 0 Å². The molecule has 10 aromatic heterocycles. The highest BCUT2D eigenvalue weighted by atomic mass is 32.1. The Kier molecular flexibility index (Phi) is 32.7. The van der Waals surface area contributed by atoms with E-state index in [9.17, 15) is 47.9 Å². The van der Waals surface area contributed by atoms with Crippen molar-refractivity contribution in [3.05, 3.63) is 203 Å². The van der Waals surface area contributed by atoms with Crippen LogP contribution in [0.3, 0.4) is 0 Å². The Morgan fingerprint density at radius 2 is 0.599 bits per heavy atom. The molecule has 5 aromatic carbocycles. The van der Waals surface area contributed by atoms with E-state index in [0.29, 0.717) is 78.4 Å². The fourth-order valence-electron chi connectivity index (χ4n) is 16.8. The van der Waals surface area contributed by atoms with Crippen LogP contribution in [-0.2, 0) is 24.0 Å². The van der Waals surface area contributed by atoms with Gasteiger partial charge in [-0.2, -0.15) is 48.1 Å². The molecule has 0 saturated carbocycles. The maximum Gasteiger partial charge on any atom is 0.277 e. The number of nitrogens with two attached hydrogens (primary N) is 3. The number of aromatic nitrogens is 15. The van der Waals surface area contributed by atoms with Crippen molar-refractivity contribution < 1.29 is 24.0 Å². The SMILES string of the molecule is CNCC(=O)Nc1cccc(-c2nn3c(=O)cc(N4CCNCC4)nc3s2)c1.C[C@@H](N)C(=O)Nc1cccc(-c2nn3c(=O)cc(N4CCCCC4)nc3s2)c1.C[C@H](N)C(=O)Nc1cccc(-c2nn3c(=O)cc(N4CCCCC4)nc3s2)c1.NCC(=O)Nc1cccc(-c2nn3c(=O)cc(N4CCCCC4)nc3s2)c1.O=C(Nc1cccc(-c2nn3c(=O)cc(N4CCCCC4)nc3s2)c1)C1CCNCC1. The van der Waals surface area contributed by atoms with Gasteiger partial charge in [-0.05, 0) is 185 Å². The molecule has 142 heavy (non-hydrogen) atoms. The van der Waals surface area contributed by atoms with Crippen LogP contribution in [-0.4, -0.2) is 226 Å². The fourth-order valence-corrected chi connectivity index (χ4v) is 21.3. The number of piperidine rings is 5. The number of nitrogens with one attached hydrogen (secondary N) is 8. The van der Waals surface area contributed by atoms with Crippen LogP contribution in [0.2, 0.25) is 0 Å². The van der Waals surface area contributed by atoms with Crippen molar-refractivity contribution in [2.24, 2.45) is 23.1 Å². The van der Waals surface area contributed by atoms with Crippen LogP contribution in [0.4, 0.5) is 57.5 Å². The minimum Gasteiger partial charge on any atom is -0.356 e. The molecule has 21 rings (SSSR count). The summed E-state index contributed by atoms with van der Waals surface area (Å²) >= 11 is 6.80. The number of hydrogen-bond acceptors (Lipinski definition) is 36. The van der Waals surface area contributed by atoms with Crippen molar-refractivity contribution in [3.63, 3.8) is 0 Å². The van der Waals surface area contributed by atoms with E-state index in [1.807, 2.05) is 103 Å². The Labute approximate surface area is 834 Å². The van der Waals surface area contributed by atoms with E-state index in [0.717, 1.165) is 213 Å². The number of carbonyl (C=O) groups is 5. The van der Waals surface area contributed by atoms with Crippen LogP contribution in [0.1, 0.15) is 104 Å². The lowest BCUT2D eigenvalue weighted by molar-refractivity contribution is -0.120. The van der Waals surface area contributed by atoms with Crippen molar-refractivity contribution in [3.8, 4) is 52.9 Å². The van der Waals surface area contributed by atoms with E-state index >= 15 is 0 Å². The molecule has 740 valence electrons. The van der Waals surface area contributed by atoms with Gasteiger partial charge in [-0.15, -0.1) is 0 Å². The summed E-state index contributed by atoms with van der Waals surface area (Å²) in [5, 5.41) is 49.1. The molecule has 0 radical (unpaired) electrons. The Morgan fingerprint density at radius 1 is 0.345 bits per heavy atom. The van der Waals surface area contributed by atoms with Crippen LogP contribution in [0, 0.1) is 5.92 Å². The van der Waals surface area contributed by atoms with Gasteiger partial charge in [0, 0.05) is 171 Å². The van der Waals surface area contributed by atoms with Gasteiger partial charge >= 0.3 is 0 Å². The number of benzene rings is 5. The van der Waals surface area contributed by atoms with Gasteiger partial charge in [-0.1, -0.05) is 117 Å². The molecule has 2 atom stereocenters. The van der Waals surface area contributed by atoms with Crippen LogP contribution < -0.4 is 112 Å². The number of fused-ring (bicyclic) bond motifs is 5.